The number of rotatable bonds is 5. The average Bonchev–Trinajstić information content (AvgIpc) is 2.99. The van der Waals surface area contributed by atoms with Gasteiger partial charge < -0.3 is 15.4 Å². The second-order valence-electron chi connectivity index (χ2n) is 4.33. The number of hydrogen-bond donors (Lipinski definition) is 3. The summed E-state index contributed by atoms with van der Waals surface area (Å²) >= 11 is 0. The Balaban J connectivity index is 2.07. The molecule has 106 valence electrons. The Morgan fingerprint density at radius 1 is 1.38 bits per heavy atom. The van der Waals surface area contributed by atoms with Crippen LogP contribution in [0.1, 0.15) is 21.6 Å². The molecule has 1 amide bonds. The highest BCUT2D eigenvalue weighted by molar-refractivity contribution is 5.96. The molecule has 7 heteroatoms. The third-order valence-electron chi connectivity index (χ3n) is 2.86. The second-order valence-corrected chi connectivity index (χ2v) is 4.33. The summed E-state index contributed by atoms with van der Waals surface area (Å²) in [6.45, 7) is 0. The first-order valence-electron chi connectivity index (χ1n) is 6.11. The van der Waals surface area contributed by atoms with E-state index in [0.29, 0.717) is 16.8 Å². The summed E-state index contributed by atoms with van der Waals surface area (Å²) in [5.74, 6) is -1.64. The van der Waals surface area contributed by atoms with Crippen molar-refractivity contribution in [3.05, 3.63) is 53.6 Å². The summed E-state index contributed by atoms with van der Waals surface area (Å²) in [4.78, 5) is 29.8. The zero-order valence-corrected chi connectivity index (χ0v) is 10.9. The zero-order chi connectivity index (χ0) is 15.2. The van der Waals surface area contributed by atoms with E-state index < -0.39 is 17.9 Å². The SMILES string of the molecule is N#Cc1ccc(C(=O)N[C@H](Cc2cnc[nH]2)C(=O)O)cc1. The number of nitrogens with one attached hydrogen (secondary N) is 2. The quantitative estimate of drug-likeness (QED) is 0.747. The number of nitriles is 1. The Kier molecular flexibility index (Phi) is 4.31. The molecule has 0 bridgehead atoms. The van der Waals surface area contributed by atoms with Crippen LogP contribution >= 0.6 is 0 Å². The molecule has 0 aliphatic heterocycles. The summed E-state index contributed by atoms with van der Waals surface area (Å²) in [5.41, 5.74) is 1.34. The van der Waals surface area contributed by atoms with E-state index >= 15 is 0 Å². The molecule has 2 aromatic rings. The van der Waals surface area contributed by atoms with Gasteiger partial charge in [-0.05, 0) is 24.3 Å². The minimum Gasteiger partial charge on any atom is -0.480 e. The average molecular weight is 284 g/mol. The van der Waals surface area contributed by atoms with E-state index in [1.165, 1.54) is 36.8 Å². The topological polar surface area (TPSA) is 119 Å². The van der Waals surface area contributed by atoms with Crippen molar-refractivity contribution in [2.24, 2.45) is 0 Å². The molecule has 0 radical (unpaired) electrons. The minimum absolute atomic E-state index is 0.108. The third-order valence-corrected chi connectivity index (χ3v) is 2.86. The molecular weight excluding hydrogens is 272 g/mol. The van der Waals surface area contributed by atoms with Gasteiger partial charge >= 0.3 is 5.97 Å². The van der Waals surface area contributed by atoms with Gasteiger partial charge in [0.05, 0.1) is 18.0 Å². The van der Waals surface area contributed by atoms with Gasteiger partial charge in [-0.15, -0.1) is 0 Å². The van der Waals surface area contributed by atoms with Crippen LogP contribution in [0.5, 0.6) is 0 Å². The predicted octanol–water partition coefficient (Wildman–Crippen LogP) is 0.707. The number of nitrogens with zero attached hydrogens (tertiary/aromatic N) is 2. The number of aromatic amines is 1. The standard InChI is InChI=1S/C14H12N4O3/c15-6-9-1-3-10(4-2-9)13(19)18-12(14(20)21)5-11-7-16-8-17-11/h1-4,7-8,12H,5H2,(H,16,17)(H,18,19)(H,20,21)/t12-/m1/s1. The van der Waals surface area contributed by atoms with E-state index in [0.717, 1.165) is 0 Å². The molecule has 0 aliphatic rings. The molecular formula is C14H12N4O3. The van der Waals surface area contributed by atoms with Crippen molar-refractivity contribution in [1.29, 1.82) is 5.26 Å². The fraction of sp³-hybridized carbons (Fsp3) is 0.143. The van der Waals surface area contributed by atoms with Gasteiger partial charge in [0.25, 0.3) is 5.91 Å². The van der Waals surface area contributed by atoms with Crippen molar-refractivity contribution in [2.75, 3.05) is 0 Å². The molecule has 1 atom stereocenters. The Hall–Kier alpha value is -3.14. The lowest BCUT2D eigenvalue weighted by Gasteiger charge is -2.13. The number of H-pyrrole nitrogens is 1. The molecule has 0 unspecified atom stereocenters. The van der Waals surface area contributed by atoms with Crippen LogP contribution in [0.15, 0.2) is 36.8 Å². The summed E-state index contributed by atoms with van der Waals surface area (Å²) in [5, 5.41) is 20.3. The lowest BCUT2D eigenvalue weighted by molar-refractivity contribution is -0.139. The Morgan fingerprint density at radius 2 is 2.10 bits per heavy atom. The van der Waals surface area contributed by atoms with Gasteiger partial charge in [0.15, 0.2) is 0 Å². The Morgan fingerprint density at radius 3 is 2.62 bits per heavy atom. The maximum absolute atomic E-state index is 12.0. The van der Waals surface area contributed by atoms with Crippen LogP contribution < -0.4 is 5.32 Å². The third kappa shape index (κ3) is 3.67. The van der Waals surface area contributed by atoms with Crippen LogP contribution in [0.2, 0.25) is 0 Å². The largest absolute Gasteiger partial charge is 0.480 e. The van der Waals surface area contributed by atoms with Crippen molar-refractivity contribution in [3.8, 4) is 6.07 Å². The maximum atomic E-state index is 12.0. The van der Waals surface area contributed by atoms with E-state index in [1.54, 1.807) is 0 Å². The molecule has 7 nitrogen and oxygen atoms in total. The molecule has 0 aliphatic carbocycles. The molecule has 0 spiro atoms. The van der Waals surface area contributed by atoms with Gasteiger partial charge in [-0.2, -0.15) is 5.26 Å². The molecule has 1 aromatic heterocycles. The van der Waals surface area contributed by atoms with E-state index in [-0.39, 0.29) is 6.42 Å². The summed E-state index contributed by atoms with van der Waals surface area (Å²) in [6.07, 6.45) is 3.05. The lowest BCUT2D eigenvalue weighted by atomic mass is 10.1. The van der Waals surface area contributed by atoms with Crippen molar-refractivity contribution < 1.29 is 14.7 Å². The number of imidazole rings is 1. The van der Waals surface area contributed by atoms with Crippen LogP contribution in [0.25, 0.3) is 0 Å². The highest BCUT2D eigenvalue weighted by atomic mass is 16.4. The molecule has 3 N–H and O–H groups in total. The summed E-state index contributed by atoms with van der Waals surface area (Å²) < 4.78 is 0. The molecule has 2 rings (SSSR count). The number of carboxylic acid groups (broad SMARTS) is 1. The zero-order valence-electron chi connectivity index (χ0n) is 10.9. The Bertz CT molecular complexity index is 671. The molecule has 0 saturated carbocycles. The first-order valence-corrected chi connectivity index (χ1v) is 6.11. The number of carbonyl (C=O) groups is 2. The number of amides is 1. The van der Waals surface area contributed by atoms with Crippen LogP contribution in [0.3, 0.4) is 0 Å². The van der Waals surface area contributed by atoms with Gasteiger partial charge in [-0.3, -0.25) is 4.79 Å². The molecule has 1 aromatic carbocycles. The number of aliphatic carboxylic acids is 1. The monoisotopic (exact) mass is 284 g/mol. The highest BCUT2D eigenvalue weighted by Gasteiger charge is 2.21. The summed E-state index contributed by atoms with van der Waals surface area (Å²) in [7, 11) is 0. The van der Waals surface area contributed by atoms with Gasteiger partial charge in [0.1, 0.15) is 6.04 Å². The second kappa shape index (κ2) is 6.34. The van der Waals surface area contributed by atoms with E-state index in [1.807, 2.05) is 6.07 Å². The van der Waals surface area contributed by atoms with E-state index in [4.69, 9.17) is 10.4 Å². The van der Waals surface area contributed by atoms with Gasteiger partial charge in [0.2, 0.25) is 0 Å². The predicted molar refractivity (Wildman–Crippen MR) is 72.3 cm³/mol. The van der Waals surface area contributed by atoms with Gasteiger partial charge in [-0.25, -0.2) is 9.78 Å². The van der Waals surface area contributed by atoms with Gasteiger partial charge in [0, 0.05) is 23.9 Å². The first kappa shape index (κ1) is 14.3. The van der Waals surface area contributed by atoms with Crippen LogP contribution in [-0.4, -0.2) is 33.0 Å². The fourth-order valence-electron chi connectivity index (χ4n) is 1.75. The normalized spacial score (nSPS) is 11.4. The van der Waals surface area contributed by atoms with Crippen molar-refractivity contribution in [1.82, 2.24) is 15.3 Å². The number of benzene rings is 1. The lowest BCUT2D eigenvalue weighted by Crippen LogP contribution is -2.42. The summed E-state index contributed by atoms with van der Waals surface area (Å²) in [6, 6.07) is 6.83. The van der Waals surface area contributed by atoms with Crippen molar-refractivity contribution >= 4 is 11.9 Å². The van der Waals surface area contributed by atoms with E-state index in [9.17, 15) is 9.59 Å². The smallest absolute Gasteiger partial charge is 0.326 e. The van der Waals surface area contributed by atoms with Crippen molar-refractivity contribution in [3.63, 3.8) is 0 Å². The Labute approximate surface area is 120 Å². The number of carbonyl (C=O) groups excluding carboxylic acids is 1. The minimum atomic E-state index is -1.13. The van der Waals surface area contributed by atoms with Crippen LogP contribution in [0, 0.1) is 11.3 Å². The molecule has 21 heavy (non-hydrogen) atoms. The van der Waals surface area contributed by atoms with Crippen LogP contribution in [-0.2, 0) is 11.2 Å². The fourth-order valence-corrected chi connectivity index (χ4v) is 1.75. The van der Waals surface area contributed by atoms with Crippen LogP contribution in [0.4, 0.5) is 0 Å². The first-order chi connectivity index (χ1) is 10.1. The molecule has 0 fully saturated rings. The van der Waals surface area contributed by atoms with E-state index in [2.05, 4.69) is 15.3 Å². The molecule has 1 heterocycles. The molecule has 0 saturated heterocycles. The van der Waals surface area contributed by atoms with Crippen molar-refractivity contribution in [2.45, 2.75) is 12.5 Å². The number of aromatic nitrogens is 2. The number of carboxylic acids is 1. The maximum Gasteiger partial charge on any atom is 0.326 e. The highest BCUT2D eigenvalue weighted by Crippen LogP contribution is 2.05. The number of hydrogen-bond acceptors (Lipinski definition) is 4. The van der Waals surface area contributed by atoms with Gasteiger partial charge in [-0.1, -0.05) is 0 Å².